The van der Waals surface area contributed by atoms with Crippen molar-refractivity contribution in [1.82, 2.24) is 4.98 Å². The molecule has 2 heteroatoms. The second-order valence-electron chi connectivity index (χ2n) is 9.41. The number of benzene rings is 3. The lowest BCUT2D eigenvalue weighted by atomic mass is 9.90. The molecule has 2 aromatic heterocycles. The molecular formula is C30H29NS. The third-order valence-corrected chi connectivity index (χ3v) is 7.77. The minimum atomic E-state index is 0.520. The van der Waals surface area contributed by atoms with E-state index in [1.54, 1.807) is 0 Å². The van der Waals surface area contributed by atoms with Gasteiger partial charge in [-0.3, -0.25) is 4.98 Å². The molecule has 0 bridgehead atoms. The number of fused-ring (bicyclic) bond motifs is 3. The zero-order valence-electron chi connectivity index (χ0n) is 19.4. The molecule has 0 fully saturated rings. The number of hydrogen-bond acceptors (Lipinski definition) is 2. The quantitative estimate of drug-likeness (QED) is 0.274. The molecule has 0 aliphatic heterocycles. The lowest BCUT2D eigenvalue weighted by Gasteiger charge is -2.16. The van der Waals surface area contributed by atoms with Crippen molar-refractivity contribution < 1.29 is 0 Å². The van der Waals surface area contributed by atoms with E-state index >= 15 is 0 Å². The van der Waals surface area contributed by atoms with Gasteiger partial charge in [0.15, 0.2) is 0 Å². The summed E-state index contributed by atoms with van der Waals surface area (Å²) in [6.07, 6.45) is 1.95. The van der Waals surface area contributed by atoms with E-state index in [1.165, 1.54) is 53.6 Å². The number of rotatable bonds is 4. The van der Waals surface area contributed by atoms with Crippen LogP contribution in [0.4, 0.5) is 0 Å². The van der Waals surface area contributed by atoms with Crippen molar-refractivity contribution in [2.24, 2.45) is 5.92 Å². The maximum atomic E-state index is 4.70. The van der Waals surface area contributed by atoms with E-state index in [-0.39, 0.29) is 0 Å². The summed E-state index contributed by atoms with van der Waals surface area (Å²) >= 11 is 1.87. The Hall–Kier alpha value is -2.97. The largest absolute Gasteiger partial charge is 0.256 e. The molecule has 0 aliphatic carbocycles. The Bertz CT molecular complexity index is 1420. The Morgan fingerprint density at radius 2 is 1.41 bits per heavy atom. The van der Waals surface area contributed by atoms with Gasteiger partial charge in [-0.1, -0.05) is 68.3 Å². The molecule has 0 radical (unpaired) electrons. The van der Waals surface area contributed by atoms with Gasteiger partial charge in [0.25, 0.3) is 0 Å². The van der Waals surface area contributed by atoms with Gasteiger partial charge in [-0.15, -0.1) is 11.3 Å². The summed E-state index contributed by atoms with van der Waals surface area (Å²) < 4.78 is 2.66. The average Bonchev–Trinajstić information content (AvgIpc) is 3.15. The molecular weight excluding hydrogens is 406 g/mol. The van der Waals surface area contributed by atoms with E-state index in [0.29, 0.717) is 11.8 Å². The number of pyridine rings is 1. The summed E-state index contributed by atoms with van der Waals surface area (Å²) in [5, 5.41) is 2.64. The van der Waals surface area contributed by atoms with E-state index in [4.69, 9.17) is 4.98 Å². The van der Waals surface area contributed by atoms with E-state index in [0.717, 1.165) is 5.69 Å². The van der Waals surface area contributed by atoms with Crippen LogP contribution in [0, 0.1) is 19.8 Å². The van der Waals surface area contributed by atoms with Gasteiger partial charge in [0.05, 0.1) is 5.69 Å². The Morgan fingerprint density at radius 1 is 0.656 bits per heavy atom. The van der Waals surface area contributed by atoms with Gasteiger partial charge in [-0.2, -0.15) is 0 Å². The fraction of sp³-hybridized carbons (Fsp3) is 0.233. The molecule has 2 heterocycles. The van der Waals surface area contributed by atoms with Gasteiger partial charge in [-0.05, 0) is 72.7 Å². The zero-order valence-corrected chi connectivity index (χ0v) is 20.3. The van der Waals surface area contributed by atoms with Gasteiger partial charge in [0.2, 0.25) is 0 Å². The lowest BCUT2D eigenvalue weighted by Crippen LogP contribution is -2.02. The summed E-state index contributed by atoms with van der Waals surface area (Å²) in [6.45, 7) is 11.2. The topological polar surface area (TPSA) is 12.9 Å². The van der Waals surface area contributed by atoms with Crippen LogP contribution in [-0.2, 0) is 0 Å². The first-order chi connectivity index (χ1) is 15.4. The Morgan fingerprint density at radius 3 is 2.16 bits per heavy atom. The van der Waals surface area contributed by atoms with E-state index < -0.39 is 0 Å². The molecule has 0 amide bonds. The molecule has 0 N–H and O–H groups in total. The molecule has 1 atom stereocenters. The molecule has 5 aromatic rings. The molecule has 160 valence electrons. The summed E-state index contributed by atoms with van der Waals surface area (Å²) in [6, 6.07) is 24.9. The van der Waals surface area contributed by atoms with Crippen molar-refractivity contribution in [2.45, 2.75) is 40.5 Å². The van der Waals surface area contributed by atoms with Crippen LogP contribution in [0.3, 0.4) is 0 Å². The maximum Gasteiger partial charge on any atom is 0.0705 e. The van der Waals surface area contributed by atoms with Gasteiger partial charge < -0.3 is 0 Å². The fourth-order valence-corrected chi connectivity index (χ4v) is 5.66. The van der Waals surface area contributed by atoms with E-state index in [2.05, 4.69) is 101 Å². The zero-order chi connectivity index (χ0) is 22.4. The monoisotopic (exact) mass is 435 g/mol. The smallest absolute Gasteiger partial charge is 0.0705 e. The molecule has 5 rings (SSSR count). The molecule has 0 saturated heterocycles. The highest BCUT2D eigenvalue weighted by atomic mass is 32.1. The Labute approximate surface area is 194 Å². The molecule has 1 unspecified atom stereocenters. The molecule has 3 aromatic carbocycles. The SMILES string of the molecule is Cc1cc(C)cc(-c2ccc3c(c2)sc2ccc(-c4cc(C(C)C(C)C)ccn4)cc23)c1. The van der Waals surface area contributed by atoms with Crippen molar-refractivity contribution in [1.29, 1.82) is 0 Å². The van der Waals surface area contributed by atoms with Gasteiger partial charge in [0.1, 0.15) is 0 Å². The van der Waals surface area contributed by atoms with Crippen LogP contribution in [0.15, 0.2) is 72.9 Å². The minimum absolute atomic E-state index is 0.520. The van der Waals surface area contributed by atoms with Crippen molar-refractivity contribution >= 4 is 31.5 Å². The highest BCUT2D eigenvalue weighted by Crippen LogP contribution is 2.38. The first-order valence-electron chi connectivity index (χ1n) is 11.4. The molecule has 32 heavy (non-hydrogen) atoms. The van der Waals surface area contributed by atoms with Crippen molar-refractivity contribution in [3.05, 3.63) is 89.6 Å². The van der Waals surface area contributed by atoms with Crippen LogP contribution in [-0.4, -0.2) is 4.98 Å². The summed E-state index contributed by atoms with van der Waals surface area (Å²) in [5.74, 6) is 1.13. The Kier molecular flexibility index (Phi) is 5.35. The van der Waals surface area contributed by atoms with Crippen molar-refractivity contribution in [2.75, 3.05) is 0 Å². The summed E-state index contributed by atoms with van der Waals surface area (Å²) in [7, 11) is 0. The molecule has 0 saturated carbocycles. The Balaban J connectivity index is 1.59. The highest BCUT2D eigenvalue weighted by molar-refractivity contribution is 7.25. The van der Waals surface area contributed by atoms with Crippen LogP contribution in [0.25, 0.3) is 42.6 Å². The third kappa shape index (κ3) is 3.84. The predicted octanol–water partition coefficient (Wildman–Crippen LogP) is 9.16. The van der Waals surface area contributed by atoms with Gasteiger partial charge >= 0.3 is 0 Å². The summed E-state index contributed by atoms with van der Waals surface area (Å²) in [4.78, 5) is 4.70. The summed E-state index contributed by atoms with van der Waals surface area (Å²) in [5.41, 5.74) is 8.80. The number of hydrogen-bond donors (Lipinski definition) is 0. The third-order valence-electron chi connectivity index (χ3n) is 6.63. The molecule has 0 aliphatic rings. The second-order valence-corrected chi connectivity index (χ2v) is 10.5. The van der Waals surface area contributed by atoms with Crippen LogP contribution in [0.5, 0.6) is 0 Å². The van der Waals surface area contributed by atoms with E-state index in [9.17, 15) is 0 Å². The van der Waals surface area contributed by atoms with Crippen molar-refractivity contribution in [3.63, 3.8) is 0 Å². The predicted molar refractivity (Wildman–Crippen MR) is 141 cm³/mol. The number of aryl methyl sites for hydroxylation is 2. The average molecular weight is 436 g/mol. The maximum absolute atomic E-state index is 4.70. The number of thiophene rings is 1. The van der Waals surface area contributed by atoms with Crippen molar-refractivity contribution in [3.8, 4) is 22.4 Å². The number of nitrogens with zero attached hydrogens (tertiary/aromatic N) is 1. The minimum Gasteiger partial charge on any atom is -0.256 e. The molecule has 0 spiro atoms. The van der Waals surface area contributed by atoms with Crippen LogP contribution >= 0.6 is 11.3 Å². The first kappa shape index (κ1) is 20.9. The highest BCUT2D eigenvalue weighted by Gasteiger charge is 2.13. The lowest BCUT2D eigenvalue weighted by molar-refractivity contribution is 0.535. The van der Waals surface area contributed by atoms with Crippen LogP contribution in [0.1, 0.15) is 43.4 Å². The molecule has 1 nitrogen and oxygen atoms in total. The first-order valence-corrected chi connectivity index (χ1v) is 12.2. The van der Waals surface area contributed by atoms with Crippen LogP contribution in [0.2, 0.25) is 0 Å². The van der Waals surface area contributed by atoms with Crippen LogP contribution < -0.4 is 0 Å². The fourth-order valence-electron chi connectivity index (χ4n) is 4.53. The second kappa shape index (κ2) is 8.18. The van der Waals surface area contributed by atoms with Gasteiger partial charge in [-0.25, -0.2) is 0 Å². The number of aromatic nitrogens is 1. The van der Waals surface area contributed by atoms with Gasteiger partial charge in [0, 0.05) is 31.9 Å². The van der Waals surface area contributed by atoms with E-state index in [1.807, 2.05) is 17.5 Å². The normalized spacial score (nSPS) is 12.7. The standard InChI is InChI=1S/C30H29NS/c1-18(2)21(5)22-10-11-31-28(16-22)24-7-9-29-27(15-24)26-8-6-23(17-30(26)32-29)25-13-19(3)12-20(4)14-25/h6-18,21H,1-5H3.